The molecule has 1 aromatic carbocycles. The van der Waals surface area contributed by atoms with Crippen LogP contribution in [0.15, 0.2) is 29.8 Å². The number of aliphatic hydroxyl groups is 1. The molecular weight excluding hydrogens is 745 g/mol. The van der Waals surface area contributed by atoms with Gasteiger partial charge in [-0.3, -0.25) is 19.3 Å². The van der Waals surface area contributed by atoms with Gasteiger partial charge < -0.3 is 50.1 Å². The van der Waals surface area contributed by atoms with Crippen LogP contribution in [0.2, 0.25) is 0 Å². The van der Waals surface area contributed by atoms with E-state index >= 15 is 0 Å². The average molecular weight is 807 g/mol. The molecule has 3 rings (SSSR count). The van der Waals surface area contributed by atoms with Crippen molar-refractivity contribution in [2.75, 3.05) is 79.0 Å². The van der Waals surface area contributed by atoms with Crippen molar-refractivity contribution < 1.29 is 48.0 Å². The summed E-state index contributed by atoms with van der Waals surface area (Å²) in [6.45, 7) is 15.6. The molecule has 1 aliphatic rings. The van der Waals surface area contributed by atoms with E-state index in [4.69, 9.17) is 29.4 Å². The van der Waals surface area contributed by atoms with Crippen molar-refractivity contribution in [2.24, 2.45) is 11.1 Å². The van der Waals surface area contributed by atoms with Gasteiger partial charge in [-0.25, -0.2) is 9.78 Å². The third-order valence-corrected chi connectivity index (χ3v) is 9.56. The number of carbonyl (C=O) groups excluding carboxylic acids is 4. The van der Waals surface area contributed by atoms with E-state index in [1.54, 1.807) is 58.4 Å². The van der Waals surface area contributed by atoms with E-state index in [1.807, 2.05) is 31.2 Å². The Bertz CT molecular complexity index is 1530. The van der Waals surface area contributed by atoms with Gasteiger partial charge in [-0.1, -0.05) is 45.0 Å². The Labute approximate surface area is 334 Å². The normalized spacial score (nSPS) is 16.4. The summed E-state index contributed by atoms with van der Waals surface area (Å²) in [6.07, 6.45) is -1.57. The smallest absolute Gasteiger partial charge is 0.410 e. The highest BCUT2D eigenvalue weighted by atomic mass is 32.1. The number of hydrogen-bond donors (Lipinski definition) is 4. The number of likely N-dealkylation sites (tertiary alicyclic amines) is 1. The number of thiazole rings is 1. The molecule has 1 saturated heterocycles. The number of amides is 4. The van der Waals surface area contributed by atoms with Crippen LogP contribution in [0.25, 0.3) is 10.4 Å². The zero-order chi connectivity index (χ0) is 41.3. The molecule has 56 heavy (non-hydrogen) atoms. The van der Waals surface area contributed by atoms with Gasteiger partial charge in [0.15, 0.2) is 0 Å². The number of nitrogens with zero attached hydrogens (tertiary/aromatic N) is 3. The van der Waals surface area contributed by atoms with Gasteiger partial charge in [-0.2, -0.15) is 0 Å². The van der Waals surface area contributed by atoms with Crippen molar-refractivity contribution in [1.29, 1.82) is 0 Å². The van der Waals surface area contributed by atoms with E-state index in [0.29, 0.717) is 46.2 Å². The average Bonchev–Trinajstić information content (AvgIpc) is 3.74. The van der Waals surface area contributed by atoms with Crippen LogP contribution in [0, 0.1) is 12.3 Å². The SMILES string of the molecule is Cc1ncsc1-c1ccc(CNC(=O)C2CC(O)CN2C(=O)C(NC(=O)CN(CCOCCOCCOCCOCCN)C(=O)OC(C)(C)C)C(C)(C)C)cc1. The molecular formula is C39H62N6O10S. The Morgan fingerprint density at radius 2 is 1.54 bits per heavy atom. The van der Waals surface area contributed by atoms with Crippen LogP contribution in [0.5, 0.6) is 0 Å². The summed E-state index contributed by atoms with van der Waals surface area (Å²) in [7, 11) is 0. The second-order valence-corrected chi connectivity index (χ2v) is 16.4. The molecule has 3 unspecified atom stereocenters. The minimum Gasteiger partial charge on any atom is -0.444 e. The quantitative estimate of drug-likeness (QED) is 0.127. The zero-order valence-corrected chi connectivity index (χ0v) is 34.8. The lowest BCUT2D eigenvalue weighted by Crippen LogP contribution is -2.59. The molecule has 0 spiro atoms. The fourth-order valence-electron chi connectivity index (χ4n) is 5.74. The van der Waals surface area contributed by atoms with E-state index in [1.165, 1.54) is 9.80 Å². The molecule has 0 saturated carbocycles. The van der Waals surface area contributed by atoms with Crippen molar-refractivity contribution in [2.45, 2.75) is 85.2 Å². The lowest BCUT2D eigenvalue weighted by atomic mass is 9.85. The molecule has 1 aliphatic heterocycles. The van der Waals surface area contributed by atoms with Crippen LogP contribution in [-0.2, 0) is 44.6 Å². The third-order valence-electron chi connectivity index (χ3n) is 8.58. The summed E-state index contributed by atoms with van der Waals surface area (Å²) in [5.41, 5.74) is 8.43. The fraction of sp³-hybridized carbons (Fsp3) is 0.667. The minimum atomic E-state index is -1.07. The van der Waals surface area contributed by atoms with Gasteiger partial charge in [-0.05, 0) is 44.2 Å². The van der Waals surface area contributed by atoms with E-state index in [2.05, 4.69) is 15.6 Å². The number of ether oxygens (including phenoxy) is 5. The highest BCUT2D eigenvalue weighted by Gasteiger charge is 2.44. The van der Waals surface area contributed by atoms with Gasteiger partial charge in [0.05, 0.1) is 75.0 Å². The number of aliphatic hydroxyl groups excluding tert-OH is 1. The molecule has 5 N–H and O–H groups in total. The zero-order valence-electron chi connectivity index (χ0n) is 34.0. The van der Waals surface area contributed by atoms with Crippen LogP contribution in [0.1, 0.15) is 59.2 Å². The standard InChI is InChI=1S/C39H62N6O10S/c1-27-33(56-26-42-27)29-10-8-28(9-11-29)23-41-35(48)31-22-30(46)24-45(31)36(49)34(38(2,3)4)43-32(47)25-44(37(50)55-39(5,6)7)13-15-52-17-19-54-21-20-53-18-16-51-14-12-40/h8-11,26,30-31,34,46H,12-25,40H2,1-7H3,(H,41,48)(H,43,47). The maximum atomic E-state index is 14.1. The number of aryl methyl sites for hydroxylation is 1. The van der Waals surface area contributed by atoms with Crippen molar-refractivity contribution in [1.82, 2.24) is 25.4 Å². The van der Waals surface area contributed by atoms with Gasteiger partial charge >= 0.3 is 6.09 Å². The molecule has 0 bridgehead atoms. The lowest BCUT2D eigenvalue weighted by molar-refractivity contribution is -0.144. The number of rotatable bonds is 22. The molecule has 0 radical (unpaired) electrons. The number of hydrogen-bond acceptors (Lipinski definition) is 13. The molecule has 16 nitrogen and oxygen atoms in total. The molecule has 0 aliphatic carbocycles. The predicted octanol–water partition coefficient (Wildman–Crippen LogP) is 2.49. The summed E-state index contributed by atoms with van der Waals surface area (Å²) >= 11 is 1.56. The van der Waals surface area contributed by atoms with Gasteiger partial charge in [-0.15, -0.1) is 11.3 Å². The Balaban J connectivity index is 1.55. The highest BCUT2D eigenvalue weighted by Crippen LogP contribution is 2.28. The minimum absolute atomic E-state index is 0.0382. The maximum absolute atomic E-state index is 14.1. The van der Waals surface area contributed by atoms with Crippen molar-refractivity contribution in [3.05, 3.63) is 41.0 Å². The maximum Gasteiger partial charge on any atom is 0.410 e. The molecule has 3 atom stereocenters. The number of aromatic nitrogens is 1. The van der Waals surface area contributed by atoms with Gasteiger partial charge in [0.1, 0.15) is 24.2 Å². The fourth-order valence-corrected chi connectivity index (χ4v) is 6.55. The summed E-state index contributed by atoms with van der Waals surface area (Å²) in [5, 5.41) is 16.3. The van der Waals surface area contributed by atoms with Crippen LogP contribution >= 0.6 is 11.3 Å². The largest absolute Gasteiger partial charge is 0.444 e. The number of carbonyl (C=O) groups is 4. The topological polar surface area (TPSA) is 204 Å². The molecule has 17 heteroatoms. The monoisotopic (exact) mass is 806 g/mol. The van der Waals surface area contributed by atoms with E-state index < -0.39 is 59.6 Å². The van der Waals surface area contributed by atoms with E-state index in [9.17, 15) is 24.3 Å². The second kappa shape index (κ2) is 22.9. The van der Waals surface area contributed by atoms with E-state index in [-0.39, 0.29) is 39.3 Å². The van der Waals surface area contributed by atoms with Gasteiger partial charge in [0.2, 0.25) is 17.7 Å². The first-order chi connectivity index (χ1) is 26.5. The van der Waals surface area contributed by atoms with Crippen LogP contribution < -0.4 is 16.4 Å². The summed E-state index contributed by atoms with van der Waals surface area (Å²) < 4.78 is 27.4. The number of β-amino-alcohol motifs (C(OH)–C–C–N with tert-alkyl or cyclic N) is 1. The number of nitrogens with two attached hydrogens (primary N) is 1. The summed E-state index contributed by atoms with van der Waals surface area (Å²) in [6, 6.07) is 5.79. The highest BCUT2D eigenvalue weighted by molar-refractivity contribution is 7.13. The third kappa shape index (κ3) is 16.0. The molecule has 2 heterocycles. The number of benzene rings is 1. The van der Waals surface area contributed by atoms with Gasteiger partial charge in [0, 0.05) is 32.6 Å². The first-order valence-electron chi connectivity index (χ1n) is 19.0. The van der Waals surface area contributed by atoms with Crippen molar-refractivity contribution in [3.8, 4) is 10.4 Å². The van der Waals surface area contributed by atoms with E-state index in [0.717, 1.165) is 21.7 Å². The van der Waals surface area contributed by atoms with Crippen LogP contribution in [0.4, 0.5) is 4.79 Å². The molecule has 2 aromatic rings. The summed E-state index contributed by atoms with van der Waals surface area (Å²) in [4.78, 5) is 62.2. The Kier molecular flexibility index (Phi) is 19.1. The number of nitrogens with one attached hydrogen (secondary N) is 2. The Hall–Kier alpha value is -3.71. The molecule has 4 amide bonds. The van der Waals surface area contributed by atoms with Crippen LogP contribution in [-0.4, -0.2) is 147 Å². The second-order valence-electron chi connectivity index (χ2n) is 15.6. The van der Waals surface area contributed by atoms with Crippen LogP contribution in [0.3, 0.4) is 0 Å². The first kappa shape index (κ1) is 46.7. The Morgan fingerprint density at radius 1 is 0.946 bits per heavy atom. The molecule has 314 valence electrons. The molecule has 1 aromatic heterocycles. The lowest BCUT2D eigenvalue weighted by Gasteiger charge is -2.36. The molecule has 1 fully saturated rings. The van der Waals surface area contributed by atoms with Crippen molar-refractivity contribution in [3.63, 3.8) is 0 Å². The summed E-state index contributed by atoms with van der Waals surface area (Å²) in [5.74, 6) is -1.52. The predicted molar refractivity (Wildman–Crippen MR) is 212 cm³/mol. The van der Waals surface area contributed by atoms with Gasteiger partial charge in [0.25, 0.3) is 0 Å². The first-order valence-corrected chi connectivity index (χ1v) is 19.9. The van der Waals surface area contributed by atoms with Crippen molar-refractivity contribution >= 4 is 35.2 Å². The Morgan fingerprint density at radius 3 is 2.07 bits per heavy atom.